The normalized spacial score (nSPS) is 14.1. The number of imidazole rings is 1. The number of aromatic nitrogens is 2. The monoisotopic (exact) mass is 472 g/mol. The second-order valence-electron chi connectivity index (χ2n) is 6.86. The van der Waals surface area contributed by atoms with Crippen molar-refractivity contribution in [1.82, 2.24) is 19.8 Å². The van der Waals surface area contributed by atoms with Crippen molar-refractivity contribution in [2.24, 2.45) is 0 Å². The van der Waals surface area contributed by atoms with Crippen molar-refractivity contribution in [2.75, 3.05) is 39.8 Å². The van der Waals surface area contributed by atoms with E-state index < -0.39 is 11.6 Å². The summed E-state index contributed by atoms with van der Waals surface area (Å²) in [4.78, 5) is 6.84. The Kier molecular flexibility index (Phi) is 12.9. The maximum Gasteiger partial charge on any atom is 0.159 e. The Morgan fingerprint density at radius 2 is 1.83 bits per heavy atom. The van der Waals surface area contributed by atoms with Crippen LogP contribution in [0.5, 0.6) is 0 Å². The molecule has 2 N–H and O–H groups in total. The average Bonchev–Trinajstić information content (AvgIpc) is 3.07. The smallest absolute Gasteiger partial charge is 0.159 e. The van der Waals surface area contributed by atoms with E-state index in [1.807, 2.05) is 13.2 Å². The fraction of sp³-hybridized carbons (Fsp3) is 0.526. The summed E-state index contributed by atoms with van der Waals surface area (Å²) < 4.78 is 29.0. The highest BCUT2D eigenvalue weighted by Crippen LogP contribution is 2.28. The van der Waals surface area contributed by atoms with Gasteiger partial charge in [-0.05, 0) is 51.2 Å². The van der Waals surface area contributed by atoms with Crippen molar-refractivity contribution in [3.63, 3.8) is 0 Å². The van der Waals surface area contributed by atoms with Gasteiger partial charge in [-0.3, -0.25) is 0 Å². The molecule has 5 nitrogen and oxygen atoms in total. The first-order valence-corrected chi connectivity index (χ1v) is 9.11. The standard InChI is InChI=1S/C19H26F2N4O.3ClH/c1-24(10-11-26)8-9-25-13-18(15-2-3-16(20)17(21)12-15)23-19(25)14-4-6-22-7-5-14;;;/h2-3,12-14,22,26H,4-11H2,1H3;3*1H. The van der Waals surface area contributed by atoms with E-state index in [-0.39, 0.29) is 43.8 Å². The fourth-order valence-corrected chi connectivity index (χ4v) is 3.37. The van der Waals surface area contributed by atoms with Gasteiger partial charge in [0.25, 0.3) is 0 Å². The molecule has 2 heterocycles. The number of rotatable bonds is 7. The third kappa shape index (κ3) is 7.35. The van der Waals surface area contributed by atoms with Crippen LogP contribution in [0.1, 0.15) is 24.6 Å². The molecule has 0 bridgehead atoms. The van der Waals surface area contributed by atoms with E-state index in [1.165, 1.54) is 6.07 Å². The molecule has 1 aromatic heterocycles. The topological polar surface area (TPSA) is 53.3 Å². The molecule has 2 aromatic rings. The van der Waals surface area contributed by atoms with Gasteiger partial charge in [0, 0.05) is 37.3 Å². The van der Waals surface area contributed by atoms with Crippen molar-refractivity contribution in [2.45, 2.75) is 25.3 Å². The Balaban J connectivity index is 0.00000261. The summed E-state index contributed by atoms with van der Waals surface area (Å²) in [6, 6.07) is 3.91. The Hall–Kier alpha value is -0.960. The number of aliphatic hydroxyl groups is 1. The van der Waals surface area contributed by atoms with E-state index >= 15 is 0 Å². The molecule has 0 radical (unpaired) electrons. The SMILES string of the molecule is CN(CCO)CCn1cc(-c2ccc(F)c(F)c2)nc1C1CCNCC1.Cl.Cl.Cl. The van der Waals surface area contributed by atoms with Crippen molar-refractivity contribution < 1.29 is 13.9 Å². The lowest BCUT2D eigenvalue weighted by atomic mass is 9.97. The van der Waals surface area contributed by atoms with Crippen molar-refractivity contribution in [3.8, 4) is 11.3 Å². The molecule has 3 rings (SSSR count). The van der Waals surface area contributed by atoms with E-state index in [0.29, 0.717) is 23.7 Å². The van der Waals surface area contributed by atoms with Gasteiger partial charge in [0.15, 0.2) is 11.6 Å². The second-order valence-corrected chi connectivity index (χ2v) is 6.86. The van der Waals surface area contributed by atoms with Crippen LogP contribution in [0.25, 0.3) is 11.3 Å². The Bertz CT molecular complexity index is 742. The van der Waals surface area contributed by atoms with Gasteiger partial charge >= 0.3 is 0 Å². The van der Waals surface area contributed by atoms with Crippen LogP contribution in [-0.2, 0) is 6.54 Å². The molecule has 0 saturated carbocycles. The molecule has 29 heavy (non-hydrogen) atoms. The highest BCUT2D eigenvalue weighted by Gasteiger charge is 2.22. The lowest BCUT2D eigenvalue weighted by Gasteiger charge is -2.24. The van der Waals surface area contributed by atoms with Crippen LogP contribution >= 0.6 is 37.2 Å². The third-order valence-corrected chi connectivity index (χ3v) is 4.93. The van der Waals surface area contributed by atoms with Crippen LogP contribution in [0.4, 0.5) is 8.78 Å². The Morgan fingerprint density at radius 1 is 1.14 bits per heavy atom. The maximum absolute atomic E-state index is 13.6. The summed E-state index contributed by atoms with van der Waals surface area (Å²) in [6.45, 7) is 4.19. The first kappa shape index (κ1) is 28.0. The summed E-state index contributed by atoms with van der Waals surface area (Å²) in [5.41, 5.74) is 1.25. The third-order valence-electron chi connectivity index (χ3n) is 4.93. The van der Waals surface area contributed by atoms with Crippen LogP contribution in [0.3, 0.4) is 0 Å². The lowest BCUT2D eigenvalue weighted by molar-refractivity contribution is 0.216. The molecule has 0 atom stereocenters. The molecule has 0 spiro atoms. The summed E-state index contributed by atoms with van der Waals surface area (Å²) in [5, 5.41) is 12.4. The molecular formula is C19H29Cl3F2N4O. The number of nitrogens with zero attached hydrogens (tertiary/aromatic N) is 3. The van der Waals surface area contributed by atoms with Gasteiger partial charge in [0.05, 0.1) is 12.3 Å². The number of likely N-dealkylation sites (N-methyl/N-ethyl adjacent to an activating group) is 1. The van der Waals surface area contributed by atoms with E-state index in [1.54, 1.807) is 6.07 Å². The van der Waals surface area contributed by atoms with E-state index in [9.17, 15) is 8.78 Å². The van der Waals surface area contributed by atoms with Crippen molar-refractivity contribution in [3.05, 3.63) is 41.9 Å². The van der Waals surface area contributed by atoms with Gasteiger partial charge in [-0.15, -0.1) is 37.2 Å². The molecule has 0 aliphatic carbocycles. The van der Waals surface area contributed by atoms with Crippen LogP contribution in [0.2, 0.25) is 0 Å². The molecule has 10 heteroatoms. The first-order valence-electron chi connectivity index (χ1n) is 9.11. The second kappa shape index (κ2) is 13.4. The van der Waals surface area contributed by atoms with Gasteiger partial charge in [0.1, 0.15) is 5.82 Å². The molecule has 1 saturated heterocycles. The predicted molar refractivity (Wildman–Crippen MR) is 119 cm³/mol. The molecule has 0 unspecified atom stereocenters. The molecule has 1 aliphatic heterocycles. The highest BCUT2D eigenvalue weighted by molar-refractivity contribution is 5.86. The highest BCUT2D eigenvalue weighted by atomic mass is 35.5. The van der Waals surface area contributed by atoms with E-state index in [2.05, 4.69) is 14.8 Å². The van der Waals surface area contributed by atoms with Crippen molar-refractivity contribution >= 4 is 37.2 Å². The molecule has 1 aliphatic rings. The molecular weight excluding hydrogens is 445 g/mol. The van der Waals surface area contributed by atoms with Gasteiger partial charge in [0.2, 0.25) is 0 Å². The number of nitrogens with one attached hydrogen (secondary N) is 1. The first-order chi connectivity index (χ1) is 12.6. The Morgan fingerprint density at radius 3 is 2.45 bits per heavy atom. The van der Waals surface area contributed by atoms with Gasteiger partial charge < -0.3 is 19.9 Å². The fourth-order valence-electron chi connectivity index (χ4n) is 3.37. The number of benzene rings is 1. The number of hydrogen-bond acceptors (Lipinski definition) is 4. The van der Waals surface area contributed by atoms with E-state index in [4.69, 9.17) is 10.1 Å². The minimum absolute atomic E-state index is 0. The zero-order valence-electron chi connectivity index (χ0n) is 16.3. The van der Waals surface area contributed by atoms with Gasteiger partial charge in [-0.1, -0.05) is 0 Å². The van der Waals surface area contributed by atoms with Crippen molar-refractivity contribution in [1.29, 1.82) is 0 Å². The summed E-state index contributed by atoms with van der Waals surface area (Å²) in [5.74, 6) is -0.345. The number of piperidine rings is 1. The number of halogens is 5. The summed E-state index contributed by atoms with van der Waals surface area (Å²) in [7, 11) is 1.97. The van der Waals surface area contributed by atoms with Crippen LogP contribution in [-0.4, -0.2) is 59.4 Å². The maximum atomic E-state index is 13.6. The zero-order valence-corrected chi connectivity index (χ0v) is 18.8. The average molecular weight is 474 g/mol. The van der Waals surface area contributed by atoms with Gasteiger partial charge in [-0.25, -0.2) is 13.8 Å². The molecule has 166 valence electrons. The van der Waals surface area contributed by atoms with E-state index in [0.717, 1.165) is 50.9 Å². The summed E-state index contributed by atoms with van der Waals surface area (Å²) in [6.07, 6.45) is 3.96. The number of aliphatic hydroxyl groups excluding tert-OH is 1. The van der Waals surface area contributed by atoms with Gasteiger partial charge in [-0.2, -0.15) is 0 Å². The minimum Gasteiger partial charge on any atom is -0.395 e. The quantitative estimate of drug-likeness (QED) is 0.646. The molecule has 1 fully saturated rings. The Labute approximate surface area is 189 Å². The predicted octanol–water partition coefficient (Wildman–Crippen LogP) is 3.48. The molecule has 1 aromatic carbocycles. The van der Waals surface area contributed by atoms with Crippen LogP contribution in [0.15, 0.2) is 24.4 Å². The lowest BCUT2D eigenvalue weighted by Crippen LogP contribution is -2.30. The van der Waals surface area contributed by atoms with Crippen LogP contribution in [0, 0.1) is 11.6 Å². The number of hydrogen-bond donors (Lipinski definition) is 2. The zero-order chi connectivity index (χ0) is 18.5. The minimum atomic E-state index is -0.858. The summed E-state index contributed by atoms with van der Waals surface area (Å²) >= 11 is 0. The molecule has 0 amide bonds. The van der Waals surface area contributed by atoms with Crippen LogP contribution < -0.4 is 5.32 Å². The largest absolute Gasteiger partial charge is 0.395 e.